The number of nitrogens with one attached hydrogen (secondary N) is 1. The van der Waals surface area contributed by atoms with E-state index in [0.717, 1.165) is 39.9 Å². The maximum atomic E-state index is 12.5. The van der Waals surface area contributed by atoms with Gasteiger partial charge in [0.1, 0.15) is 18.4 Å². The summed E-state index contributed by atoms with van der Waals surface area (Å²) in [5, 5.41) is 8.68. The van der Waals surface area contributed by atoms with E-state index < -0.39 is 0 Å². The quantitative estimate of drug-likeness (QED) is 0.456. The average molecular weight is 449 g/mol. The third kappa shape index (κ3) is 4.72. The minimum absolute atomic E-state index is 0.0172. The van der Waals surface area contributed by atoms with Crippen LogP contribution in [0.3, 0.4) is 0 Å². The lowest BCUT2D eigenvalue weighted by Gasteiger charge is -2.28. The van der Waals surface area contributed by atoms with Crippen LogP contribution in [-0.2, 0) is 11.4 Å². The Morgan fingerprint density at radius 3 is 2.50 bits per heavy atom. The number of fused-ring (bicyclic) bond motifs is 1. The van der Waals surface area contributed by atoms with Crippen molar-refractivity contribution in [2.75, 3.05) is 11.1 Å². The number of ketones is 1. The summed E-state index contributed by atoms with van der Waals surface area (Å²) in [5.74, 6) is 2.42. The number of ether oxygens (including phenoxy) is 1. The molecule has 0 radical (unpaired) electrons. The lowest BCUT2D eigenvalue weighted by molar-refractivity contribution is -0.114. The Morgan fingerprint density at radius 1 is 1.12 bits per heavy atom. The molecule has 1 aromatic heterocycles. The Bertz CT molecular complexity index is 1130. The first-order chi connectivity index (χ1) is 15.5. The van der Waals surface area contributed by atoms with Crippen LogP contribution in [0.15, 0.2) is 65.0 Å². The number of rotatable bonds is 8. The summed E-state index contributed by atoms with van der Waals surface area (Å²) in [6.45, 7) is 8.23. The molecule has 1 atom stereocenters. The van der Waals surface area contributed by atoms with Crippen LogP contribution >= 0.6 is 11.8 Å². The van der Waals surface area contributed by atoms with E-state index in [2.05, 4.69) is 48.4 Å². The lowest BCUT2D eigenvalue weighted by Crippen LogP contribution is -2.27. The molecular weight excluding hydrogens is 420 g/mol. The molecule has 0 amide bonds. The second-order valence-electron chi connectivity index (χ2n) is 7.98. The molecule has 3 aromatic rings. The van der Waals surface area contributed by atoms with E-state index in [1.165, 1.54) is 5.56 Å². The average Bonchev–Trinajstić information content (AvgIpc) is 3.19. The molecule has 0 bridgehead atoms. The Balaban J connectivity index is 1.59. The summed E-state index contributed by atoms with van der Waals surface area (Å²) < 4.78 is 7.78. The van der Waals surface area contributed by atoms with Gasteiger partial charge in [-0.2, -0.15) is 4.98 Å². The van der Waals surface area contributed by atoms with Gasteiger partial charge in [-0.25, -0.2) is 4.68 Å². The molecular formula is C25H28N4O2S. The highest BCUT2D eigenvalue weighted by molar-refractivity contribution is 7.99. The number of allylic oxidation sites excluding steroid dienone is 2. The van der Waals surface area contributed by atoms with Crippen LogP contribution in [0.5, 0.6) is 5.75 Å². The maximum Gasteiger partial charge on any atom is 0.227 e. The van der Waals surface area contributed by atoms with Crippen molar-refractivity contribution in [1.82, 2.24) is 14.8 Å². The molecule has 0 fully saturated rings. The van der Waals surface area contributed by atoms with Crippen molar-refractivity contribution in [2.45, 2.75) is 51.9 Å². The van der Waals surface area contributed by atoms with Gasteiger partial charge in [-0.05, 0) is 50.5 Å². The van der Waals surface area contributed by atoms with Crippen molar-refractivity contribution in [2.24, 2.45) is 0 Å². The number of benzene rings is 2. The third-order valence-electron chi connectivity index (χ3n) is 5.37. The van der Waals surface area contributed by atoms with E-state index in [9.17, 15) is 4.79 Å². The molecule has 1 aliphatic heterocycles. The molecule has 0 saturated carbocycles. The summed E-state index contributed by atoms with van der Waals surface area (Å²) in [4.78, 5) is 17.2. The van der Waals surface area contributed by atoms with E-state index in [1.54, 1.807) is 18.7 Å². The SMILES string of the molecule is CCCSc1nc2n(n1)C(c1ccc(OCc3ccc(C)cc3)cc1)C(C(C)=O)=C(C)N2. The summed E-state index contributed by atoms with van der Waals surface area (Å²) in [5.41, 5.74) is 4.84. The van der Waals surface area contributed by atoms with E-state index in [1.807, 2.05) is 35.9 Å². The van der Waals surface area contributed by atoms with E-state index in [0.29, 0.717) is 18.1 Å². The Kier molecular flexibility index (Phi) is 6.65. The number of hydrogen-bond donors (Lipinski definition) is 1. The molecule has 1 unspecified atom stereocenters. The van der Waals surface area contributed by atoms with Crippen LogP contribution in [0.2, 0.25) is 0 Å². The van der Waals surface area contributed by atoms with Gasteiger partial charge in [0.15, 0.2) is 5.78 Å². The highest BCUT2D eigenvalue weighted by Gasteiger charge is 2.32. The predicted octanol–water partition coefficient (Wildman–Crippen LogP) is 5.55. The van der Waals surface area contributed by atoms with Gasteiger partial charge < -0.3 is 10.1 Å². The van der Waals surface area contributed by atoms with Gasteiger partial charge in [-0.15, -0.1) is 5.10 Å². The molecule has 0 aliphatic carbocycles. The number of aromatic nitrogens is 3. The van der Waals surface area contributed by atoms with Crippen LogP contribution in [0, 0.1) is 6.92 Å². The first-order valence-corrected chi connectivity index (χ1v) is 11.8. The van der Waals surface area contributed by atoms with Crippen molar-refractivity contribution in [3.63, 3.8) is 0 Å². The third-order valence-corrected chi connectivity index (χ3v) is 6.41. The molecule has 0 spiro atoms. The van der Waals surface area contributed by atoms with Gasteiger partial charge in [0.2, 0.25) is 11.1 Å². The Labute approximate surface area is 193 Å². The van der Waals surface area contributed by atoms with Gasteiger partial charge >= 0.3 is 0 Å². The Hall–Kier alpha value is -3.06. The molecule has 4 rings (SSSR count). The van der Waals surface area contributed by atoms with Crippen LogP contribution < -0.4 is 10.1 Å². The largest absolute Gasteiger partial charge is 0.489 e. The van der Waals surface area contributed by atoms with Crippen molar-refractivity contribution in [1.29, 1.82) is 0 Å². The highest BCUT2D eigenvalue weighted by Crippen LogP contribution is 2.37. The number of thioether (sulfide) groups is 1. The first kappa shape index (κ1) is 22.1. The number of aryl methyl sites for hydroxylation is 1. The molecule has 2 aromatic carbocycles. The van der Waals surface area contributed by atoms with Gasteiger partial charge in [0, 0.05) is 17.0 Å². The van der Waals surface area contributed by atoms with E-state index in [-0.39, 0.29) is 11.8 Å². The maximum absolute atomic E-state index is 12.5. The first-order valence-electron chi connectivity index (χ1n) is 10.8. The minimum atomic E-state index is -0.321. The van der Waals surface area contributed by atoms with Gasteiger partial charge in [0.25, 0.3) is 0 Å². The molecule has 32 heavy (non-hydrogen) atoms. The number of Topliss-reactive ketones (excluding diaryl/α,β-unsaturated/α-hetero) is 1. The smallest absolute Gasteiger partial charge is 0.227 e. The van der Waals surface area contributed by atoms with Crippen LogP contribution in [0.25, 0.3) is 0 Å². The fourth-order valence-electron chi connectivity index (χ4n) is 3.75. The van der Waals surface area contributed by atoms with Crippen molar-refractivity contribution < 1.29 is 9.53 Å². The summed E-state index contributed by atoms with van der Waals surface area (Å²) >= 11 is 1.62. The fourth-order valence-corrected chi connectivity index (χ4v) is 4.43. The normalized spacial score (nSPS) is 15.3. The zero-order valence-corrected chi connectivity index (χ0v) is 19.7. The summed E-state index contributed by atoms with van der Waals surface area (Å²) in [6, 6.07) is 15.9. The van der Waals surface area contributed by atoms with E-state index >= 15 is 0 Å². The van der Waals surface area contributed by atoms with Gasteiger partial charge in [0.05, 0.1) is 0 Å². The standard InChI is InChI=1S/C25H28N4O2S/c1-5-14-32-25-27-24-26-17(3)22(18(4)30)23(29(24)28-25)20-10-12-21(13-11-20)31-15-19-8-6-16(2)7-9-19/h6-13,23H,5,14-15H2,1-4H3,(H,26,27,28). The number of carbonyl (C=O) groups is 1. The monoisotopic (exact) mass is 448 g/mol. The topological polar surface area (TPSA) is 69.0 Å². The van der Waals surface area contributed by atoms with Crippen LogP contribution in [0.4, 0.5) is 5.95 Å². The zero-order valence-electron chi connectivity index (χ0n) is 18.9. The second kappa shape index (κ2) is 9.61. The summed E-state index contributed by atoms with van der Waals surface area (Å²) in [6.07, 6.45) is 1.05. The molecule has 7 heteroatoms. The van der Waals surface area contributed by atoms with E-state index in [4.69, 9.17) is 9.84 Å². The highest BCUT2D eigenvalue weighted by atomic mass is 32.2. The van der Waals surface area contributed by atoms with Crippen molar-refractivity contribution in [3.8, 4) is 5.75 Å². The zero-order chi connectivity index (χ0) is 22.7. The van der Waals surface area contributed by atoms with Crippen molar-refractivity contribution in [3.05, 3.63) is 76.5 Å². The fraction of sp³-hybridized carbons (Fsp3) is 0.320. The molecule has 1 N–H and O–H groups in total. The minimum Gasteiger partial charge on any atom is -0.489 e. The molecule has 1 aliphatic rings. The Morgan fingerprint density at radius 2 is 1.84 bits per heavy atom. The molecule has 166 valence electrons. The lowest BCUT2D eigenvalue weighted by atomic mass is 9.93. The molecule has 0 saturated heterocycles. The predicted molar refractivity (Wildman–Crippen MR) is 128 cm³/mol. The van der Waals surface area contributed by atoms with Gasteiger partial charge in [-0.1, -0.05) is 60.6 Å². The molecule has 6 nitrogen and oxygen atoms in total. The van der Waals surface area contributed by atoms with Crippen molar-refractivity contribution >= 4 is 23.5 Å². The molecule has 2 heterocycles. The number of anilines is 1. The summed E-state index contributed by atoms with van der Waals surface area (Å²) in [7, 11) is 0. The van der Waals surface area contributed by atoms with Crippen LogP contribution in [-0.4, -0.2) is 26.3 Å². The van der Waals surface area contributed by atoms with Crippen LogP contribution in [0.1, 0.15) is 49.9 Å². The number of carbonyl (C=O) groups excluding carboxylic acids is 1. The number of nitrogens with zero attached hydrogens (tertiary/aromatic N) is 3. The van der Waals surface area contributed by atoms with Gasteiger partial charge in [-0.3, -0.25) is 4.79 Å². The number of hydrogen-bond acceptors (Lipinski definition) is 6. The second-order valence-corrected chi connectivity index (χ2v) is 9.04.